The number of aliphatic hydroxyl groups is 1. The first-order valence-electron chi connectivity index (χ1n) is 5.03. The summed E-state index contributed by atoms with van der Waals surface area (Å²) < 4.78 is 0. The summed E-state index contributed by atoms with van der Waals surface area (Å²) in [6, 6.07) is 0. The Hall–Kier alpha value is 0.250. The van der Waals surface area contributed by atoms with E-state index in [4.69, 9.17) is 11.6 Å². The molecule has 4 bridgehead atoms. The minimum absolute atomic E-state index is 0.0200. The van der Waals surface area contributed by atoms with Crippen LogP contribution in [-0.4, -0.2) is 16.1 Å². The van der Waals surface area contributed by atoms with Crippen LogP contribution in [0.2, 0.25) is 0 Å². The summed E-state index contributed by atoms with van der Waals surface area (Å²) in [6.45, 7) is 0. The van der Waals surface area contributed by atoms with Crippen molar-refractivity contribution in [1.29, 1.82) is 0 Å². The van der Waals surface area contributed by atoms with Crippen LogP contribution in [0.5, 0.6) is 0 Å². The van der Waals surface area contributed by atoms with Crippen molar-refractivity contribution in [3.8, 4) is 0 Å². The molecule has 0 radical (unpaired) electrons. The molecule has 0 aliphatic heterocycles. The zero-order chi connectivity index (χ0) is 8.34. The Morgan fingerprint density at radius 3 is 2.17 bits per heavy atom. The maximum absolute atomic E-state index is 9.88. The summed E-state index contributed by atoms with van der Waals surface area (Å²) in [4.78, 5) is 0.0930. The van der Waals surface area contributed by atoms with Gasteiger partial charge in [-0.2, -0.15) is 0 Å². The van der Waals surface area contributed by atoms with Gasteiger partial charge in [-0.1, -0.05) is 0 Å². The zero-order valence-corrected chi connectivity index (χ0v) is 7.93. The molecule has 4 aliphatic carbocycles. The maximum atomic E-state index is 9.88. The first-order chi connectivity index (χ1) is 5.66. The van der Waals surface area contributed by atoms with E-state index in [-0.39, 0.29) is 11.0 Å². The van der Waals surface area contributed by atoms with Crippen LogP contribution < -0.4 is 0 Å². The highest BCUT2D eigenvalue weighted by molar-refractivity contribution is 6.24. The third kappa shape index (κ3) is 0.898. The fourth-order valence-electron chi connectivity index (χ4n) is 3.90. The summed E-state index contributed by atoms with van der Waals surface area (Å²) in [5.74, 6) is 1.91. The van der Waals surface area contributed by atoms with Crippen molar-refractivity contribution in [3.05, 3.63) is 0 Å². The highest BCUT2D eigenvalue weighted by Gasteiger charge is 2.54. The van der Waals surface area contributed by atoms with E-state index in [1.807, 2.05) is 0 Å². The van der Waals surface area contributed by atoms with E-state index in [0.717, 1.165) is 18.8 Å². The highest BCUT2D eigenvalue weighted by Crippen LogP contribution is 2.58. The minimum atomic E-state index is -0.0200. The predicted octanol–water partition coefficient (Wildman–Crippen LogP) is 2.16. The van der Waals surface area contributed by atoms with Crippen LogP contribution in [0.4, 0.5) is 0 Å². The quantitative estimate of drug-likeness (QED) is 0.575. The average molecular weight is 187 g/mol. The van der Waals surface area contributed by atoms with Crippen LogP contribution >= 0.6 is 11.6 Å². The Labute approximate surface area is 78.1 Å². The van der Waals surface area contributed by atoms with Gasteiger partial charge in [-0.25, -0.2) is 0 Å². The van der Waals surface area contributed by atoms with E-state index in [1.165, 1.54) is 19.3 Å². The standard InChI is InChI=1S/C10H15ClO/c11-10-3-6-1-7(4-10)9(12)8(2-6)5-10/h6-9,12H,1-5H2. The van der Waals surface area contributed by atoms with E-state index in [1.54, 1.807) is 0 Å². The lowest BCUT2D eigenvalue weighted by atomic mass is 9.54. The number of hydrogen-bond donors (Lipinski definition) is 1. The Morgan fingerprint density at radius 1 is 1.08 bits per heavy atom. The molecule has 1 nitrogen and oxygen atoms in total. The lowest BCUT2D eigenvalue weighted by molar-refractivity contribution is -0.0831. The molecule has 4 rings (SSSR count). The van der Waals surface area contributed by atoms with Crippen molar-refractivity contribution in [2.45, 2.75) is 43.1 Å². The molecule has 2 atom stereocenters. The maximum Gasteiger partial charge on any atom is 0.0598 e. The first-order valence-corrected chi connectivity index (χ1v) is 5.41. The smallest absolute Gasteiger partial charge is 0.0598 e. The topological polar surface area (TPSA) is 20.2 Å². The summed E-state index contributed by atoms with van der Waals surface area (Å²) in [5.41, 5.74) is 0. The van der Waals surface area contributed by atoms with Gasteiger partial charge < -0.3 is 5.11 Å². The van der Waals surface area contributed by atoms with Crippen molar-refractivity contribution < 1.29 is 5.11 Å². The molecular weight excluding hydrogens is 172 g/mol. The predicted molar refractivity (Wildman–Crippen MR) is 48.1 cm³/mol. The Morgan fingerprint density at radius 2 is 1.67 bits per heavy atom. The van der Waals surface area contributed by atoms with Gasteiger partial charge in [0.25, 0.3) is 0 Å². The summed E-state index contributed by atoms with van der Waals surface area (Å²) in [5, 5.41) is 9.88. The molecule has 0 aromatic heterocycles. The summed E-state index contributed by atoms with van der Waals surface area (Å²) in [6.07, 6.45) is 5.83. The van der Waals surface area contributed by atoms with Gasteiger partial charge in [0.1, 0.15) is 0 Å². The average Bonchev–Trinajstić information content (AvgIpc) is 1.96. The molecule has 0 spiro atoms. The van der Waals surface area contributed by atoms with E-state index < -0.39 is 0 Å². The van der Waals surface area contributed by atoms with E-state index >= 15 is 0 Å². The Balaban J connectivity index is 1.95. The third-order valence-corrected chi connectivity index (χ3v) is 4.61. The largest absolute Gasteiger partial charge is 0.393 e. The molecule has 4 aliphatic rings. The van der Waals surface area contributed by atoms with Gasteiger partial charge in [-0.3, -0.25) is 0 Å². The second kappa shape index (κ2) is 2.19. The molecule has 2 unspecified atom stereocenters. The second-order valence-electron chi connectivity index (χ2n) is 5.11. The zero-order valence-electron chi connectivity index (χ0n) is 7.17. The number of hydrogen-bond acceptors (Lipinski definition) is 1. The van der Waals surface area contributed by atoms with Gasteiger partial charge in [0.05, 0.1) is 6.10 Å². The summed E-state index contributed by atoms with van der Waals surface area (Å²) in [7, 11) is 0. The van der Waals surface area contributed by atoms with Gasteiger partial charge in [-0.15, -0.1) is 11.6 Å². The Bertz CT molecular complexity index is 200. The second-order valence-corrected chi connectivity index (χ2v) is 5.91. The molecule has 68 valence electrons. The molecule has 0 heterocycles. The van der Waals surface area contributed by atoms with Crippen molar-refractivity contribution in [3.63, 3.8) is 0 Å². The minimum Gasteiger partial charge on any atom is -0.393 e. The van der Waals surface area contributed by atoms with E-state index in [2.05, 4.69) is 0 Å². The fraction of sp³-hybridized carbons (Fsp3) is 1.00. The molecule has 4 fully saturated rings. The van der Waals surface area contributed by atoms with Crippen molar-refractivity contribution in [2.75, 3.05) is 0 Å². The Kier molecular flexibility index (Phi) is 1.39. The fourth-order valence-corrected chi connectivity index (χ4v) is 4.51. The van der Waals surface area contributed by atoms with Crippen LogP contribution in [-0.2, 0) is 0 Å². The van der Waals surface area contributed by atoms with Crippen molar-refractivity contribution in [2.24, 2.45) is 17.8 Å². The lowest BCUT2D eigenvalue weighted by Gasteiger charge is -2.56. The highest BCUT2D eigenvalue weighted by atomic mass is 35.5. The number of rotatable bonds is 0. The van der Waals surface area contributed by atoms with Crippen molar-refractivity contribution in [1.82, 2.24) is 0 Å². The monoisotopic (exact) mass is 186 g/mol. The molecule has 0 saturated heterocycles. The van der Waals surface area contributed by atoms with Gasteiger partial charge in [-0.05, 0) is 49.9 Å². The van der Waals surface area contributed by atoms with Crippen LogP contribution in [0.3, 0.4) is 0 Å². The van der Waals surface area contributed by atoms with Gasteiger partial charge in [0.15, 0.2) is 0 Å². The molecule has 4 saturated carbocycles. The van der Waals surface area contributed by atoms with Crippen LogP contribution in [0.1, 0.15) is 32.1 Å². The molecule has 12 heavy (non-hydrogen) atoms. The molecular formula is C10H15ClO. The van der Waals surface area contributed by atoms with Crippen LogP contribution in [0, 0.1) is 17.8 Å². The van der Waals surface area contributed by atoms with Gasteiger partial charge >= 0.3 is 0 Å². The molecule has 1 N–H and O–H groups in total. The molecule has 0 amide bonds. The third-order valence-electron chi connectivity index (χ3n) is 4.15. The molecule has 2 heteroatoms. The number of aliphatic hydroxyl groups excluding tert-OH is 1. The van der Waals surface area contributed by atoms with Crippen LogP contribution in [0.15, 0.2) is 0 Å². The normalized spacial score (nSPS) is 62.5. The van der Waals surface area contributed by atoms with Crippen molar-refractivity contribution >= 4 is 11.6 Å². The van der Waals surface area contributed by atoms with Gasteiger partial charge in [0.2, 0.25) is 0 Å². The van der Waals surface area contributed by atoms with Gasteiger partial charge in [0, 0.05) is 4.87 Å². The molecule has 0 aromatic carbocycles. The first kappa shape index (κ1) is 7.64. The van der Waals surface area contributed by atoms with Crippen LogP contribution in [0.25, 0.3) is 0 Å². The number of alkyl halides is 1. The van der Waals surface area contributed by atoms with E-state index in [9.17, 15) is 5.11 Å². The number of halogens is 1. The molecule has 0 aromatic rings. The summed E-state index contributed by atoms with van der Waals surface area (Å²) >= 11 is 6.49. The van der Waals surface area contributed by atoms with E-state index in [0.29, 0.717) is 11.8 Å². The SMILES string of the molecule is OC1C2CC3CC1CC(Cl)(C3)C2. The lowest BCUT2D eigenvalue weighted by Crippen LogP contribution is -2.54.